The number of alkyl halides is 3. The number of rotatable bonds is 5. The summed E-state index contributed by atoms with van der Waals surface area (Å²) in [6.07, 6.45) is -4.51. The first-order chi connectivity index (χ1) is 11.3. The first kappa shape index (κ1) is 18.7. The number of β-amino-alcohol motifs (C(OH)–C–C–N with tert-alkyl or cyclic N) is 1. The minimum atomic E-state index is -4.51. The smallest absolute Gasteiger partial charge is 0.395 e. The average Bonchev–Trinajstić information content (AvgIpc) is 2.54. The number of carbonyl (C=O) groups excluding carboxylic acids is 1. The van der Waals surface area contributed by atoms with Gasteiger partial charge in [0, 0.05) is 32.7 Å². The lowest BCUT2D eigenvalue weighted by molar-refractivity contribution is -0.137. The van der Waals surface area contributed by atoms with Gasteiger partial charge < -0.3 is 10.4 Å². The molecule has 24 heavy (non-hydrogen) atoms. The lowest BCUT2D eigenvalue weighted by Crippen LogP contribution is -2.53. The van der Waals surface area contributed by atoms with Crippen molar-refractivity contribution >= 4 is 11.6 Å². The van der Waals surface area contributed by atoms with Crippen LogP contribution in [0.25, 0.3) is 0 Å². The van der Waals surface area contributed by atoms with Gasteiger partial charge in [-0.15, -0.1) is 0 Å². The van der Waals surface area contributed by atoms with Crippen molar-refractivity contribution in [3.8, 4) is 0 Å². The third kappa shape index (κ3) is 4.68. The van der Waals surface area contributed by atoms with Gasteiger partial charge in [0.05, 0.1) is 23.9 Å². The van der Waals surface area contributed by atoms with Crippen LogP contribution in [-0.2, 0) is 11.0 Å². The Morgan fingerprint density at radius 2 is 1.88 bits per heavy atom. The Bertz CT molecular complexity index is 558. The summed E-state index contributed by atoms with van der Waals surface area (Å²) in [5.74, 6) is -0.456. The lowest BCUT2D eigenvalue weighted by Gasteiger charge is -2.37. The second-order valence-electron chi connectivity index (χ2n) is 5.81. The molecule has 1 aromatic rings. The minimum Gasteiger partial charge on any atom is -0.395 e. The van der Waals surface area contributed by atoms with Gasteiger partial charge in [0.1, 0.15) is 0 Å². The Morgan fingerprint density at radius 3 is 2.46 bits per heavy atom. The van der Waals surface area contributed by atoms with E-state index < -0.39 is 23.7 Å². The number of hydrogen-bond acceptors (Lipinski definition) is 4. The number of carbonyl (C=O) groups is 1. The predicted molar refractivity (Wildman–Crippen MR) is 84.6 cm³/mol. The van der Waals surface area contributed by atoms with Gasteiger partial charge in [-0.3, -0.25) is 14.6 Å². The Hall–Kier alpha value is -1.64. The fourth-order valence-corrected chi connectivity index (χ4v) is 2.76. The highest BCUT2D eigenvalue weighted by Crippen LogP contribution is 2.34. The molecule has 2 rings (SSSR count). The Balaban J connectivity index is 1.98. The van der Waals surface area contributed by atoms with Crippen LogP contribution in [0.2, 0.25) is 0 Å². The van der Waals surface area contributed by atoms with Gasteiger partial charge in [-0.1, -0.05) is 12.1 Å². The van der Waals surface area contributed by atoms with E-state index in [4.69, 9.17) is 5.11 Å². The minimum absolute atomic E-state index is 0.0876. The van der Waals surface area contributed by atoms with E-state index in [-0.39, 0.29) is 12.3 Å². The maximum atomic E-state index is 13.0. The van der Waals surface area contributed by atoms with E-state index in [0.29, 0.717) is 19.6 Å². The van der Waals surface area contributed by atoms with Crippen molar-refractivity contribution in [2.45, 2.75) is 19.1 Å². The van der Waals surface area contributed by atoms with Crippen LogP contribution in [0, 0.1) is 0 Å². The van der Waals surface area contributed by atoms with Crippen molar-refractivity contribution in [3.05, 3.63) is 29.8 Å². The Kier molecular flexibility index (Phi) is 6.20. The molecule has 8 heteroatoms. The molecule has 0 radical (unpaired) electrons. The standard InChI is InChI=1S/C16H22F3N3O2/c1-12(22-8-6-21(7-9-22)10-11-23)15(24)20-14-5-3-2-4-13(14)16(17,18)19/h2-5,12,23H,6-11H2,1H3,(H,20,24). The quantitative estimate of drug-likeness (QED) is 0.852. The number of benzene rings is 1. The van der Waals surface area contributed by atoms with Crippen molar-refractivity contribution in [2.24, 2.45) is 0 Å². The first-order valence-electron chi connectivity index (χ1n) is 7.87. The molecule has 1 aromatic carbocycles. The van der Waals surface area contributed by atoms with Crippen LogP contribution in [0.4, 0.5) is 18.9 Å². The maximum absolute atomic E-state index is 13.0. The van der Waals surface area contributed by atoms with Gasteiger partial charge in [0.15, 0.2) is 0 Å². The number of amides is 1. The zero-order valence-electron chi connectivity index (χ0n) is 13.5. The summed E-state index contributed by atoms with van der Waals surface area (Å²) in [6, 6.07) is 4.44. The summed E-state index contributed by atoms with van der Waals surface area (Å²) in [5.41, 5.74) is -1.07. The third-order valence-electron chi connectivity index (χ3n) is 4.24. The van der Waals surface area contributed by atoms with Crippen LogP contribution in [0.15, 0.2) is 24.3 Å². The molecule has 1 saturated heterocycles. The van der Waals surface area contributed by atoms with Crippen molar-refractivity contribution in [2.75, 3.05) is 44.6 Å². The molecule has 1 unspecified atom stereocenters. The summed E-state index contributed by atoms with van der Waals surface area (Å²) < 4.78 is 38.9. The highest BCUT2D eigenvalue weighted by Gasteiger charge is 2.34. The van der Waals surface area contributed by atoms with Crippen LogP contribution in [-0.4, -0.2) is 66.2 Å². The Labute approximate surface area is 139 Å². The van der Waals surface area contributed by atoms with Gasteiger partial charge in [-0.05, 0) is 19.1 Å². The number of aliphatic hydroxyl groups excluding tert-OH is 1. The molecular weight excluding hydrogens is 323 g/mol. The van der Waals surface area contributed by atoms with Crippen LogP contribution >= 0.6 is 0 Å². The summed E-state index contributed by atoms with van der Waals surface area (Å²) in [7, 11) is 0. The molecular formula is C16H22F3N3O2. The molecule has 2 N–H and O–H groups in total. The topological polar surface area (TPSA) is 55.8 Å². The molecule has 0 saturated carbocycles. The summed E-state index contributed by atoms with van der Waals surface area (Å²) in [5, 5.41) is 11.3. The average molecular weight is 345 g/mol. The summed E-state index contributed by atoms with van der Waals surface area (Å²) in [6.45, 7) is 5.07. The second-order valence-corrected chi connectivity index (χ2v) is 5.81. The summed E-state index contributed by atoms with van der Waals surface area (Å²) in [4.78, 5) is 16.3. The molecule has 1 aliphatic heterocycles. The Morgan fingerprint density at radius 1 is 1.25 bits per heavy atom. The molecule has 0 spiro atoms. The van der Waals surface area contributed by atoms with Crippen molar-refractivity contribution in [1.29, 1.82) is 0 Å². The van der Waals surface area contributed by atoms with Crippen molar-refractivity contribution < 1.29 is 23.1 Å². The molecule has 5 nitrogen and oxygen atoms in total. The monoisotopic (exact) mass is 345 g/mol. The number of piperazine rings is 1. The molecule has 134 valence electrons. The number of nitrogens with zero attached hydrogens (tertiary/aromatic N) is 2. The molecule has 1 fully saturated rings. The van der Waals surface area contributed by atoms with Gasteiger partial charge in [0.2, 0.25) is 5.91 Å². The number of hydrogen-bond donors (Lipinski definition) is 2. The predicted octanol–water partition coefficient (Wildman–Crippen LogP) is 1.64. The van der Waals surface area contributed by atoms with Crippen LogP contribution in [0.5, 0.6) is 0 Å². The van der Waals surface area contributed by atoms with E-state index in [1.807, 2.05) is 4.90 Å². The zero-order valence-corrected chi connectivity index (χ0v) is 13.5. The highest BCUT2D eigenvalue weighted by molar-refractivity contribution is 5.95. The SMILES string of the molecule is CC(C(=O)Nc1ccccc1C(F)(F)F)N1CCN(CCO)CC1. The number of aliphatic hydroxyl groups is 1. The van der Waals surface area contributed by atoms with E-state index in [1.165, 1.54) is 18.2 Å². The van der Waals surface area contributed by atoms with E-state index in [9.17, 15) is 18.0 Å². The van der Waals surface area contributed by atoms with Gasteiger partial charge >= 0.3 is 6.18 Å². The third-order valence-corrected chi connectivity index (χ3v) is 4.24. The number of para-hydroxylation sites is 1. The molecule has 0 aliphatic carbocycles. The first-order valence-corrected chi connectivity index (χ1v) is 7.87. The number of nitrogens with one attached hydrogen (secondary N) is 1. The van der Waals surface area contributed by atoms with Gasteiger partial charge in [0.25, 0.3) is 0 Å². The molecule has 1 heterocycles. The normalized spacial score (nSPS) is 18.4. The molecule has 0 aromatic heterocycles. The van der Waals surface area contributed by atoms with Crippen LogP contribution in [0.3, 0.4) is 0 Å². The van der Waals surface area contributed by atoms with Crippen molar-refractivity contribution in [3.63, 3.8) is 0 Å². The molecule has 1 atom stereocenters. The van der Waals surface area contributed by atoms with Gasteiger partial charge in [-0.2, -0.15) is 13.2 Å². The number of halogens is 3. The zero-order chi connectivity index (χ0) is 17.7. The van der Waals surface area contributed by atoms with Crippen LogP contribution < -0.4 is 5.32 Å². The van der Waals surface area contributed by atoms with E-state index in [1.54, 1.807) is 6.92 Å². The lowest BCUT2D eigenvalue weighted by atomic mass is 10.1. The fourth-order valence-electron chi connectivity index (χ4n) is 2.76. The molecule has 1 amide bonds. The largest absolute Gasteiger partial charge is 0.418 e. The van der Waals surface area contributed by atoms with Crippen molar-refractivity contribution in [1.82, 2.24) is 9.80 Å². The maximum Gasteiger partial charge on any atom is 0.418 e. The molecule has 1 aliphatic rings. The van der Waals surface area contributed by atoms with E-state index in [0.717, 1.165) is 19.2 Å². The number of anilines is 1. The van der Waals surface area contributed by atoms with Gasteiger partial charge in [-0.25, -0.2) is 0 Å². The molecule has 0 bridgehead atoms. The van der Waals surface area contributed by atoms with Crippen LogP contribution in [0.1, 0.15) is 12.5 Å². The van der Waals surface area contributed by atoms with E-state index >= 15 is 0 Å². The fraction of sp³-hybridized carbons (Fsp3) is 0.562. The highest BCUT2D eigenvalue weighted by atomic mass is 19.4. The second kappa shape index (κ2) is 7.96. The van der Waals surface area contributed by atoms with E-state index in [2.05, 4.69) is 10.2 Å². The summed E-state index contributed by atoms with van der Waals surface area (Å²) >= 11 is 0.